The highest BCUT2D eigenvalue weighted by atomic mass is 19.2. The van der Waals surface area contributed by atoms with Crippen molar-refractivity contribution in [3.05, 3.63) is 29.1 Å². The van der Waals surface area contributed by atoms with Crippen molar-refractivity contribution in [3.63, 3.8) is 0 Å². The fourth-order valence-corrected chi connectivity index (χ4v) is 1.85. The standard InChI is InChI=1S/C8H3F5O2.C7H15NO.C5H13N.CH4/c1-2(14)15-8-6(12)4(10)3(9)5(11)7(8)13;1-3-4-5-6-8-7(2)9;1-2-3-4-5-6;/h1H3;3-6H2,1-2H3,(H,8,9);2-6H2,1H3;1H4. The van der Waals surface area contributed by atoms with Gasteiger partial charge in [0.2, 0.25) is 40.7 Å². The zero-order valence-corrected chi connectivity index (χ0v) is 17.8. The number of hydrogen-bond acceptors (Lipinski definition) is 4. The molecule has 3 N–H and O–H groups in total. The highest BCUT2D eigenvalue weighted by Crippen LogP contribution is 2.28. The molecule has 182 valence electrons. The summed E-state index contributed by atoms with van der Waals surface area (Å²) in [7, 11) is 0. The maximum atomic E-state index is 12.8. The van der Waals surface area contributed by atoms with Crippen LogP contribution in [0.4, 0.5) is 22.0 Å². The molecule has 5 nitrogen and oxygen atoms in total. The quantitative estimate of drug-likeness (QED) is 0.137. The van der Waals surface area contributed by atoms with Crippen LogP contribution in [0.1, 0.15) is 73.6 Å². The van der Waals surface area contributed by atoms with Gasteiger partial charge < -0.3 is 15.8 Å². The highest BCUT2D eigenvalue weighted by molar-refractivity contribution is 5.72. The van der Waals surface area contributed by atoms with Crippen LogP contribution in [-0.4, -0.2) is 25.0 Å². The van der Waals surface area contributed by atoms with Crippen molar-refractivity contribution < 1.29 is 36.3 Å². The molecule has 0 aliphatic heterocycles. The first-order valence-corrected chi connectivity index (χ1v) is 9.69. The molecule has 0 heterocycles. The molecule has 0 bridgehead atoms. The Morgan fingerprint density at radius 3 is 1.55 bits per heavy atom. The van der Waals surface area contributed by atoms with Crippen molar-refractivity contribution >= 4 is 11.9 Å². The van der Waals surface area contributed by atoms with Crippen LogP contribution in [0.2, 0.25) is 0 Å². The lowest BCUT2D eigenvalue weighted by Crippen LogP contribution is -2.20. The Kier molecular flexibility index (Phi) is 21.2. The molecule has 10 heteroatoms. The summed E-state index contributed by atoms with van der Waals surface area (Å²) in [6, 6.07) is 0. The summed E-state index contributed by atoms with van der Waals surface area (Å²) in [5.74, 6) is -13.7. The largest absolute Gasteiger partial charge is 0.420 e. The summed E-state index contributed by atoms with van der Waals surface area (Å²) in [5.41, 5.74) is 5.21. The van der Waals surface area contributed by atoms with E-state index in [1.165, 1.54) is 32.1 Å². The molecule has 0 saturated carbocycles. The molecule has 0 saturated heterocycles. The van der Waals surface area contributed by atoms with Gasteiger partial charge in [-0.15, -0.1) is 0 Å². The van der Waals surface area contributed by atoms with Gasteiger partial charge in [-0.3, -0.25) is 9.59 Å². The van der Waals surface area contributed by atoms with Gasteiger partial charge in [0.1, 0.15) is 0 Å². The Morgan fingerprint density at radius 2 is 1.23 bits per heavy atom. The lowest BCUT2D eigenvalue weighted by molar-refractivity contribution is -0.132. The smallest absolute Gasteiger partial charge is 0.308 e. The van der Waals surface area contributed by atoms with Crippen LogP contribution in [0.25, 0.3) is 0 Å². The third-order valence-corrected chi connectivity index (χ3v) is 3.38. The lowest BCUT2D eigenvalue weighted by Gasteiger charge is -2.06. The van der Waals surface area contributed by atoms with Crippen molar-refractivity contribution in [1.82, 2.24) is 5.32 Å². The Balaban J connectivity index is -0.000000420. The minimum Gasteiger partial charge on any atom is -0.420 e. The third kappa shape index (κ3) is 15.3. The first-order chi connectivity index (χ1) is 14.0. The fraction of sp³-hybridized carbons (Fsp3) is 0.619. The molecule has 1 amide bonds. The molecule has 0 aliphatic rings. The average Bonchev–Trinajstić information content (AvgIpc) is 2.70. The van der Waals surface area contributed by atoms with Crippen molar-refractivity contribution in [1.29, 1.82) is 0 Å². The predicted molar refractivity (Wildman–Crippen MR) is 111 cm³/mol. The molecular weight excluding hydrogens is 423 g/mol. The number of unbranched alkanes of at least 4 members (excludes halogenated alkanes) is 4. The number of rotatable bonds is 8. The van der Waals surface area contributed by atoms with E-state index in [0.717, 1.165) is 26.4 Å². The van der Waals surface area contributed by atoms with E-state index in [-0.39, 0.29) is 13.3 Å². The normalized spacial score (nSPS) is 9.35. The molecule has 1 aromatic rings. The second kappa shape index (κ2) is 19.7. The number of carbonyl (C=O) groups is 2. The minimum atomic E-state index is -2.30. The number of benzene rings is 1. The van der Waals surface area contributed by atoms with Crippen LogP contribution in [-0.2, 0) is 9.59 Å². The zero-order valence-electron chi connectivity index (χ0n) is 17.8. The van der Waals surface area contributed by atoms with E-state index in [0.29, 0.717) is 0 Å². The van der Waals surface area contributed by atoms with Gasteiger partial charge in [0.15, 0.2) is 0 Å². The molecule has 0 aromatic heterocycles. The number of nitrogens with two attached hydrogens (primary N) is 1. The summed E-state index contributed by atoms with van der Waals surface area (Å²) >= 11 is 0. The van der Waals surface area contributed by atoms with Crippen LogP contribution in [0, 0.1) is 29.1 Å². The number of esters is 1. The van der Waals surface area contributed by atoms with E-state index in [1.807, 2.05) is 0 Å². The Bertz CT molecular complexity index is 625. The topological polar surface area (TPSA) is 81.4 Å². The summed E-state index contributed by atoms with van der Waals surface area (Å²) in [4.78, 5) is 20.6. The van der Waals surface area contributed by atoms with Gasteiger partial charge in [0, 0.05) is 20.4 Å². The minimum absolute atomic E-state index is 0. The highest BCUT2D eigenvalue weighted by Gasteiger charge is 2.27. The number of carbonyl (C=O) groups excluding carboxylic acids is 2. The van der Waals surface area contributed by atoms with Gasteiger partial charge in [-0.1, -0.05) is 47.0 Å². The predicted octanol–water partition coefficient (Wildman–Crippen LogP) is 5.39. The molecule has 0 radical (unpaired) electrons. The third-order valence-electron chi connectivity index (χ3n) is 3.38. The van der Waals surface area contributed by atoms with Crippen LogP contribution in [0.15, 0.2) is 0 Å². The first-order valence-electron chi connectivity index (χ1n) is 9.69. The van der Waals surface area contributed by atoms with Crippen LogP contribution >= 0.6 is 0 Å². The second-order valence-electron chi connectivity index (χ2n) is 6.18. The fourth-order valence-electron chi connectivity index (χ4n) is 1.85. The number of halogens is 5. The van der Waals surface area contributed by atoms with Gasteiger partial charge in [-0.2, -0.15) is 8.78 Å². The number of ether oxygens (including phenoxy) is 1. The van der Waals surface area contributed by atoms with Crippen molar-refractivity contribution in [2.24, 2.45) is 5.73 Å². The maximum absolute atomic E-state index is 12.8. The second-order valence-corrected chi connectivity index (χ2v) is 6.18. The lowest BCUT2D eigenvalue weighted by atomic mass is 10.2. The van der Waals surface area contributed by atoms with Crippen molar-refractivity contribution in [3.8, 4) is 5.75 Å². The molecule has 0 atom stereocenters. The molecule has 0 fully saturated rings. The summed E-state index contributed by atoms with van der Waals surface area (Å²) in [6.45, 7) is 8.32. The molecule has 1 rings (SSSR count). The molecule has 0 spiro atoms. The molecule has 0 unspecified atom stereocenters. The Labute approximate surface area is 181 Å². The van der Waals surface area contributed by atoms with Gasteiger partial charge in [0.05, 0.1) is 0 Å². The number of hydrogen-bond donors (Lipinski definition) is 2. The van der Waals surface area contributed by atoms with Crippen LogP contribution in [0.3, 0.4) is 0 Å². The van der Waals surface area contributed by atoms with E-state index in [1.54, 1.807) is 6.92 Å². The molecule has 0 aliphatic carbocycles. The van der Waals surface area contributed by atoms with E-state index in [9.17, 15) is 31.5 Å². The van der Waals surface area contributed by atoms with Crippen LogP contribution < -0.4 is 15.8 Å². The van der Waals surface area contributed by atoms with Crippen LogP contribution in [0.5, 0.6) is 5.75 Å². The van der Waals surface area contributed by atoms with Crippen molar-refractivity contribution in [2.75, 3.05) is 13.1 Å². The van der Waals surface area contributed by atoms with E-state index < -0.39 is 40.8 Å². The van der Waals surface area contributed by atoms with Gasteiger partial charge in [0.25, 0.3) is 0 Å². The number of nitrogens with one attached hydrogen (secondary N) is 1. The average molecular weight is 459 g/mol. The monoisotopic (exact) mass is 458 g/mol. The Hall–Kier alpha value is -2.23. The number of amides is 1. The SMILES string of the molecule is C.CC(=O)Oc1c(F)c(F)c(F)c(F)c1F.CCCCCN.CCCCCNC(C)=O. The summed E-state index contributed by atoms with van der Waals surface area (Å²) in [6.07, 6.45) is 7.28. The summed E-state index contributed by atoms with van der Waals surface area (Å²) < 4.78 is 66.9. The Morgan fingerprint density at radius 1 is 0.806 bits per heavy atom. The molecule has 1 aromatic carbocycles. The first kappa shape index (κ1) is 33.4. The molecule has 31 heavy (non-hydrogen) atoms. The van der Waals surface area contributed by atoms with E-state index in [4.69, 9.17) is 5.73 Å². The van der Waals surface area contributed by atoms with Gasteiger partial charge in [-0.05, 0) is 19.4 Å². The summed E-state index contributed by atoms with van der Waals surface area (Å²) in [5, 5.41) is 2.74. The van der Waals surface area contributed by atoms with Gasteiger partial charge in [-0.25, -0.2) is 13.2 Å². The van der Waals surface area contributed by atoms with E-state index in [2.05, 4.69) is 23.9 Å². The van der Waals surface area contributed by atoms with Crippen molar-refractivity contribution in [2.45, 2.75) is 73.6 Å². The van der Waals surface area contributed by atoms with Gasteiger partial charge >= 0.3 is 5.97 Å². The zero-order chi connectivity index (χ0) is 23.7. The van der Waals surface area contributed by atoms with E-state index >= 15 is 0 Å². The maximum Gasteiger partial charge on any atom is 0.308 e. The molecular formula is C21H35F5N2O3.